The first-order chi connectivity index (χ1) is 12.2. The predicted molar refractivity (Wildman–Crippen MR) is 101 cm³/mol. The summed E-state index contributed by atoms with van der Waals surface area (Å²) in [6.45, 7) is 2.63. The number of hydrogen-bond acceptors (Lipinski definition) is 3. The molecule has 5 heteroatoms. The van der Waals surface area contributed by atoms with Crippen molar-refractivity contribution >= 4 is 11.6 Å². The lowest BCUT2D eigenvalue weighted by atomic mass is 10.1. The van der Waals surface area contributed by atoms with Gasteiger partial charge in [-0.2, -0.15) is 5.10 Å². The Hall–Kier alpha value is -3.08. The summed E-state index contributed by atoms with van der Waals surface area (Å²) in [6.07, 6.45) is 1.57. The first kappa shape index (κ1) is 16.8. The highest BCUT2D eigenvalue weighted by Gasteiger charge is 2.17. The van der Waals surface area contributed by atoms with E-state index < -0.39 is 0 Å². The lowest BCUT2D eigenvalue weighted by Crippen LogP contribution is -2.40. The van der Waals surface area contributed by atoms with E-state index in [1.807, 2.05) is 55.6 Å². The highest BCUT2D eigenvalue weighted by molar-refractivity contribution is 5.99. The SMILES string of the molecule is C[C@H](CNC(=O)c1cn[nH]c1-c1ccccc1)N(C)c1ccccc1. The van der Waals surface area contributed by atoms with E-state index in [2.05, 4.69) is 39.5 Å². The van der Waals surface area contributed by atoms with E-state index in [1.54, 1.807) is 6.20 Å². The number of amides is 1. The Morgan fingerprint density at radius 3 is 2.44 bits per heavy atom. The number of H-pyrrole nitrogens is 1. The fourth-order valence-electron chi connectivity index (χ4n) is 2.67. The molecule has 0 unspecified atom stereocenters. The van der Waals surface area contributed by atoms with E-state index in [-0.39, 0.29) is 11.9 Å². The number of aromatic amines is 1. The molecule has 0 fully saturated rings. The van der Waals surface area contributed by atoms with Crippen molar-refractivity contribution in [1.29, 1.82) is 0 Å². The summed E-state index contributed by atoms with van der Waals surface area (Å²) in [7, 11) is 2.03. The smallest absolute Gasteiger partial charge is 0.255 e. The molecule has 0 spiro atoms. The van der Waals surface area contributed by atoms with Crippen LogP contribution in [0.3, 0.4) is 0 Å². The molecule has 2 aromatic carbocycles. The van der Waals surface area contributed by atoms with Crippen molar-refractivity contribution in [1.82, 2.24) is 15.5 Å². The van der Waals surface area contributed by atoms with Gasteiger partial charge in [-0.25, -0.2) is 0 Å². The van der Waals surface area contributed by atoms with Gasteiger partial charge in [0.1, 0.15) is 0 Å². The molecule has 3 rings (SSSR count). The number of anilines is 1. The minimum atomic E-state index is -0.124. The van der Waals surface area contributed by atoms with Crippen LogP contribution in [-0.2, 0) is 0 Å². The minimum absolute atomic E-state index is 0.124. The van der Waals surface area contributed by atoms with E-state index in [0.717, 1.165) is 16.9 Å². The average Bonchev–Trinajstić information content (AvgIpc) is 3.16. The number of para-hydroxylation sites is 1. The van der Waals surface area contributed by atoms with Crippen LogP contribution in [0.4, 0.5) is 5.69 Å². The summed E-state index contributed by atoms with van der Waals surface area (Å²) in [5, 5.41) is 9.96. The number of hydrogen-bond donors (Lipinski definition) is 2. The van der Waals surface area contributed by atoms with Gasteiger partial charge in [0.05, 0.1) is 17.5 Å². The van der Waals surface area contributed by atoms with Crippen molar-refractivity contribution in [2.45, 2.75) is 13.0 Å². The van der Waals surface area contributed by atoms with Crippen LogP contribution in [0.1, 0.15) is 17.3 Å². The molecule has 1 amide bonds. The Bertz CT molecular complexity index is 814. The van der Waals surface area contributed by atoms with Crippen molar-refractivity contribution in [2.24, 2.45) is 0 Å². The molecular weight excluding hydrogens is 312 g/mol. The number of likely N-dealkylation sites (N-methyl/N-ethyl adjacent to an activating group) is 1. The second-order valence-corrected chi connectivity index (χ2v) is 6.03. The van der Waals surface area contributed by atoms with Gasteiger partial charge in [-0.05, 0) is 19.1 Å². The third kappa shape index (κ3) is 3.88. The highest BCUT2D eigenvalue weighted by atomic mass is 16.1. The number of carbonyl (C=O) groups is 1. The molecule has 1 aromatic heterocycles. The van der Waals surface area contributed by atoms with E-state index in [1.165, 1.54) is 0 Å². The van der Waals surface area contributed by atoms with Gasteiger partial charge < -0.3 is 10.2 Å². The third-order valence-corrected chi connectivity index (χ3v) is 4.33. The van der Waals surface area contributed by atoms with Crippen LogP contribution in [0.2, 0.25) is 0 Å². The first-order valence-electron chi connectivity index (χ1n) is 8.31. The third-order valence-electron chi connectivity index (χ3n) is 4.33. The summed E-state index contributed by atoms with van der Waals surface area (Å²) < 4.78 is 0. The average molecular weight is 334 g/mol. The van der Waals surface area contributed by atoms with Crippen molar-refractivity contribution in [3.05, 3.63) is 72.4 Å². The summed E-state index contributed by atoms with van der Waals surface area (Å²) in [4.78, 5) is 14.7. The molecule has 5 nitrogen and oxygen atoms in total. The van der Waals surface area contributed by atoms with Gasteiger partial charge in [-0.3, -0.25) is 9.89 Å². The van der Waals surface area contributed by atoms with Gasteiger partial charge >= 0.3 is 0 Å². The molecule has 25 heavy (non-hydrogen) atoms. The molecule has 0 saturated heterocycles. The van der Waals surface area contributed by atoms with E-state index in [9.17, 15) is 4.79 Å². The van der Waals surface area contributed by atoms with E-state index >= 15 is 0 Å². The number of carbonyl (C=O) groups excluding carboxylic acids is 1. The molecule has 1 atom stereocenters. The summed E-state index contributed by atoms with van der Waals surface area (Å²) in [6, 6.07) is 20.0. The zero-order valence-electron chi connectivity index (χ0n) is 14.4. The van der Waals surface area contributed by atoms with Crippen LogP contribution in [0.15, 0.2) is 66.9 Å². The number of benzene rings is 2. The van der Waals surface area contributed by atoms with Gasteiger partial charge in [0, 0.05) is 30.9 Å². The maximum atomic E-state index is 12.6. The summed E-state index contributed by atoms with van der Waals surface area (Å²) in [5.74, 6) is -0.124. The Morgan fingerprint density at radius 1 is 1.12 bits per heavy atom. The van der Waals surface area contributed by atoms with Crippen LogP contribution in [0, 0.1) is 0 Å². The molecule has 0 aliphatic carbocycles. The Morgan fingerprint density at radius 2 is 1.76 bits per heavy atom. The molecule has 1 heterocycles. The van der Waals surface area contributed by atoms with E-state index in [4.69, 9.17) is 0 Å². The number of rotatable bonds is 6. The van der Waals surface area contributed by atoms with Gasteiger partial charge in [0.15, 0.2) is 0 Å². The van der Waals surface area contributed by atoms with E-state index in [0.29, 0.717) is 12.1 Å². The van der Waals surface area contributed by atoms with Crippen molar-refractivity contribution in [3.63, 3.8) is 0 Å². The molecule has 3 aromatic rings. The van der Waals surface area contributed by atoms with Gasteiger partial charge in [-0.15, -0.1) is 0 Å². The maximum Gasteiger partial charge on any atom is 0.255 e. The zero-order valence-corrected chi connectivity index (χ0v) is 14.4. The van der Waals surface area contributed by atoms with Crippen LogP contribution >= 0.6 is 0 Å². The Balaban J connectivity index is 1.65. The minimum Gasteiger partial charge on any atom is -0.370 e. The lowest BCUT2D eigenvalue weighted by molar-refractivity contribution is 0.0952. The number of aromatic nitrogens is 2. The van der Waals surface area contributed by atoms with Crippen LogP contribution in [-0.4, -0.2) is 35.7 Å². The molecule has 0 aliphatic rings. The predicted octanol–water partition coefficient (Wildman–Crippen LogP) is 3.33. The monoisotopic (exact) mass is 334 g/mol. The normalized spacial score (nSPS) is 11.8. The molecule has 2 N–H and O–H groups in total. The molecule has 128 valence electrons. The van der Waals surface area contributed by atoms with Crippen molar-refractivity contribution in [3.8, 4) is 11.3 Å². The van der Waals surface area contributed by atoms with Crippen molar-refractivity contribution in [2.75, 3.05) is 18.5 Å². The molecule has 0 bridgehead atoms. The summed E-state index contributed by atoms with van der Waals surface area (Å²) >= 11 is 0. The topological polar surface area (TPSA) is 61.0 Å². The summed E-state index contributed by atoms with van der Waals surface area (Å²) in [5.41, 5.74) is 3.36. The fraction of sp³-hybridized carbons (Fsp3) is 0.200. The van der Waals surface area contributed by atoms with Gasteiger partial charge in [0.25, 0.3) is 5.91 Å². The van der Waals surface area contributed by atoms with Crippen LogP contribution in [0.5, 0.6) is 0 Å². The lowest BCUT2D eigenvalue weighted by Gasteiger charge is -2.27. The zero-order chi connectivity index (χ0) is 17.6. The largest absolute Gasteiger partial charge is 0.370 e. The quantitative estimate of drug-likeness (QED) is 0.727. The Labute approximate surface area is 147 Å². The number of nitrogens with zero attached hydrogens (tertiary/aromatic N) is 2. The maximum absolute atomic E-state index is 12.6. The fourth-order valence-corrected chi connectivity index (χ4v) is 2.67. The van der Waals surface area contributed by atoms with Crippen molar-refractivity contribution < 1.29 is 4.79 Å². The Kier molecular flexibility index (Phi) is 5.14. The second-order valence-electron chi connectivity index (χ2n) is 6.03. The van der Waals surface area contributed by atoms with Crippen LogP contribution in [0.25, 0.3) is 11.3 Å². The first-order valence-corrected chi connectivity index (χ1v) is 8.31. The van der Waals surface area contributed by atoms with Gasteiger partial charge in [-0.1, -0.05) is 48.5 Å². The molecule has 0 aliphatic heterocycles. The number of nitrogens with one attached hydrogen (secondary N) is 2. The molecule has 0 saturated carbocycles. The highest BCUT2D eigenvalue weighted by Crippen LogP contribution is 2.20. The van der Waals surface area contributed by atoms with Gasteiger partial charge in [0.2, 0.25) is 0 Å². The van der Waals surface area contributed by atoms with Crippen LogP contribution < -0.4 is 10.2 Å². The second kappa shape index (κ2) is 7.66. The standard InChI is InChI=1S/C20H22N4O/c1-15(24(2)17-11-7-4-8-12-17)13-21-20(25)18-14-22-23-19(18)16-9-5-3-6-10-16/h3-12,14-15H,13H2,1-2H3,(H,21,25)(H,22,23)/t15-/m1/s1. The molecular formula is C20H22N4O. The molecule has 0 radical (unpaired) electrons.